The van der Waals surface area contributed by atoms with Gasteiger partial charge in [0, 0.05) is 34.0 Å². The van der Waals surface area contributed by atoms with Gasteiger partial charge in [0.15, 0.2) is 9.84 Å². The Kier molecular flexibility index (Phi) is 5.58. The fourth-order valence-electron chi connectivity index (χ4n) is 3.33. The number of fused-ring (bicyclic) bond motifs is 1. The van der Waals surface area contributed by atoms with Crippen molar-refractivity contribution in [3.05, 3.63) is 83.3 Å². The second-order valence-corrected chi connectivity index (χ2v) is 9.46. The Labute approximate surface area is 188 Å². The number of benzene rings is 3. The second kappa shape index (κ2) is 8.22. The number of sulfone groups is 1. The first-order valence-corrected chi connectivity index (χ1v) is 11.6. The Morgan fingerprint density at radius 3 is 2.50 bits per heavy atom. The maximum Gasteiger partial charge on any atom is 0.250 e. The minimum Gasteiger partial charge on any atom is -0.457 e. The summed E-state index contributed by atoms with van der Waals surface area (Å²) in [5, 5.41) is 0.640. The molecule has 4 aromatic rings. The summed E-state index contributed by atoms with van der Waals surface area (Å²) in [5.41, 5.74) is 6.39. The van der Waals surface area contributed by atoms with Gasteiger partial charge >= 0.3 is 0 Å². The number of amides is 1. The molecule has 1 amide bonds. The highest BCUT2D eigenvalue weighted by molar-refractivity contribution is 7.90. The van der Waals surface area contributed by atoms with Gasteiger partial charge in [-0.05, 0) is 42.5 Å². The monoisotopic (exact) mass is 470 g/mol. The van der Waals surface area contributed by atoms with Crippen molar-refractivity contribution in [1.29, 1.82) is 0 Å². The van der Waals surface area contributed by atoms with Crippen LogP contribution in [0, 0.1) is 5.82 Å². The standard InChI is InChI=1S/C23H16ClFN2O4S/c1-32(29,30)15-5-2-4-13(10-15)31-14-8-9-19(24)17(11-14)21-16-6-3-7-20(25)22(16)27-12-18(21)23(26)28/h2-12H,1H3,(H2,26,28). The van der Waals surface area contributed by atoms with Crippen molar-refractivity contribution in [1.82, 2.24) is 4.98 Å². The fourth-order valence-corrected chi connectivity index (χ4v) is 4.20. The third kappa shape index (κ3) is 4.15. The van der Waals surface area contributed by atoms with E-state index in [0.29, 0.717) is 28.0 Å². The number of hydrogen-bond acceptors (Lipinski definition) is 5. The SMILES string of the molecule is CS(=O)(=O)c1cccc(Oc2ccc(Cl)c(-c3c(C(N)=O)cnc4c(F)cccc34)c2)c1. The molecule has 9 heteroatoms. The topological polar surface area (TPSA) is 99.4 Å². The lowest BCUT2D eigenvalue weighted by molar-refractivity contribution is 0.100. The first-order valence-electron chi connectivity index (χ1n) is 9.30. The van der Waals surface area contributed by atoms with Gasteiger partial charge < -0.3 is 10.5 Å². The Morgan fingerprint density at radius 2 is 1.78 bits per heavy atom. The van der Waals surface area contributed by atoms with E-state index < -0.39 is 21.6 Å². The molecule has 3 aromatic carbocycles. The number of rotatable bonds is 5. The molecule has 0 aliphatic carbocycles. The fraction of sp³-hybridized carbons (Fsp3) is 0.0435. The van der Waals surface area contributed by atoms with Gasteiger partial charge in [-0.1, -0.05) is 29.8 Å². The average molecular weight is 471 g/mol. The van der Waals surface area contributed by atoms with Crippen molar-refractivity contribution in [3.8, 4) is 22.6 Å². The van der Waals surface area contributed by atoms with E-state index in [1.807, 2.05) is 0 Å². The van der Waals surface area contributed by atoms with E-state index in [-0.39, 0.29) is 21.0 Å². The van der Waals surface area contributed by atoms with Crippen molar-refractivity contribution < 1.29 is 22.3 Å². The van der Waals surface area contributed by atoms with E-state index >= 15 is 0 Å². The molecule has 4 rings (SSSR count). The average Bonchev–Trinajstić information content (AvgIpc) is 2.74. The van der Waals surface area contributed by atoms with Gasteiger partial charge in [0.25, 0.3) is 5.91 Å². The van der Waals surface area contributed by atoms with Crippen molar-refractivity contribution in [3.63, 3.8) is 0 Å². The van der Waals surface area contributed by atoms with Gasteiger partial charge in [0.05, 0.1) is 10.5 Å². The van der Waals surface area contributed by atoms with E-state index in [0.717, 1.165) is 6.26 Å². The summed E-state index contributed by atoms with van der Waals surface area (Å²) >= 11 is 6.43. The van der Waals surface area contributed by atoms with Gasteiger partial charge in [-0.2, -0.15) is 0 Å². The summed E-state index contributed by atoms with van der Waals surface area (Å²) in [6.45, 7) is 0. The van der Waals surface area contributed by atoms with E-state index in [1.165, 1.54) is 30.5 Å². The third-order valence-electron chi connectivity index (χ3n) is 4.79. The molecule has 32 heavy (non-hydrogen) atoms. The number of nitrogens with zero attached hydrogens (tertiary/aromatic N) is 1. The lowest BCUT2D eigenvalue weighted by Gasteiger charge is -2.14. The normalized spacial score (nSPS) is 11.5. The number of ether oxygens (including phenoxy) is 1. The molecule has 1 heterocycles. The van der Waals surface area contributed by atoms with E-state index in [2.05, 4.69) is 4.98 Å². The highest BCUT2D eigenvalue weighted by Gasteiger charge is 2.19. The first kappa shape index (κ1) is 21.7. The molecule has 0 spiro atoms. The summed E-state index contributed by atoms with van der Waals surface area (Å²) < 4.78 is 43.8. The van der Waals surface area contributed by atoms with Gasteiger partial charge in [-0.25, -0.2) is 12.8 Å². The van der Waals surface area contributed by atoms with Crippen LogP contribution in [0.1, 0.15) is 10.4 Å². The van der Waals surface area contributed by atoms with E-state index in [1.54, 1.807) is 36.4 Å². The van der Waals surface area contributed by atoms with E-state index in [9.17, 15) is 17.6 Å². The first-order chi connectivity index (χ1) is 15.1. The molecular formula is C23H16ClFN2O4S. The number of nitrogens with two attached hydrogens (primary N) is 1. The highest BCUT2D eigenvalue weighted by atomic mass is 35.5. The van der Waals surface area contributed by atoms with Crippen molar-refractivity contribution >= 4 is 38.2 Å². The zero-order valence-electron chi connectivity index (χ0n) is 16.7. The Hall–Kier alpha value is -3.49. The van der Waals surface area contributed by atoms with Crippen molar-refractivity contribution in [2.75, 3.05) is 6.26 Å². The van der Waals surface area contributed by atoms with E-state index in [4.69, 9.17) is 22.1 Å². The summed E-state index contributed by atoms with van der Waals surface area (Å²) in [5.74, 6) is -0.684. The van der Waals surface area contributed by atoms with Gasteiger partial charge in [-0.15, -0.1) is 0 Å². The number of hydrogen-bond donors (Lipinski definition) is 1. The minimum atomic E-state index is -3.41. The number of carbonyl (C=O) groups excluding carboxylic acids is 1. The molecule has 162 valence electrons. The van der Waals surface area contributed by atoms with Crippen LogP contribution in [0.2, 0.25) is 5.02 Å². The quantitative estimate of drug-likeness (QED) is 0.443. The summed E-state index contributed by atoms with van der Waals surface area (Å²) in [6.07, 6.45) is 2.31. The van der Waals surface area contributed by atoms with Crippen LogP contribution >= 0.6 is 11.6 Å². The lowest BCUT2D eigenvalue weighted by Crippen LogP contribution is -2.13. The number of primary amides is 1. The Balaban J connectivity index is 1.88. The Morgan fingerprint density at radius 1 is 1.06 bits per heavy atom. The van der Waals surface area contributed by atoms with Crippen molar-refractivity contribution in [2.24, 2.45) is 5.73 Å². The zero-order chi connectivity index (χ0) is 23.0. The maximum absolute atomic E-state index is 14.3. The third-order valence-corrected chi connectivity index (χ3v) is 6.23. The summed E-state index contributed by atoms with van der Waals surface area (Å²) in [7, 11) is -3.41. The summed E-state index contributed by atoms with van der Waals surface area (Å²) in [4.78, 5) is 16.2. The molecule has 0 radical (unpaired) electrons. The predicted molar refractivity (Wildman–Crippen MR) is 120 cm³/mol. The van der Waals surface area contributed by atoms with Crippen LogP contribution in [0.25, 0.3) is 22.0 Å². The number of aromatic nitrogens is 1. The van der Waals surface area contributed by atoms with Crippen molar-refractivity contribution in [2.45, 2.75) is 4.90 Å². The van der Waals surface area contributed by atoms with Gasteiger partial charge in [-0.3, -0.25) is 9.78 Å². The highest BCUT2D eigenvalue weighted by Crippen LogP contribution is 2.39. The van der Waals surface area contributed by atoms with Crippen LogP contribution in [0.15, 0.2) is 71.8 Å². The number of para-hydroxylation sites is 1. The smallest absolute Gasteiger partial charge is 0.250 e. The zero-order valence-corrected chi connectivity index (χ0v) is 18.2. The Bertz CT molecular complexity index is 1490. The lowest BCUT2D eigenvalue weighted by atomic mass is 9.95. The number of pyridine rings is 1. The molecule has 0 aliphatic heterocycles. The maximum atomic E-state index is 14.3. The molecule has 0 fully saturated rings. The van der Waals surface area contributed by atoms with Gasteiger partial charge in [0.2, 0.25) is 0 Å². The molecule has 1 aromatic heterocycles. The molecule has 0 saturated heterocycles. The number of carbonyl (C=O) groups is 1. The van der Waals surface area contributed by atoms with Crippen LogP contribution in [0.5, 0.6) is 11.5 Å². The molecule has 0 bridgehead atoms. The largest absolute Gasteiger partial charge is 0.457 e. The van der Waals surface area contributed by atoms with Crippen LogP contribution in [0.4, 0.5) is 4.39 Å². The van der Waals surface area contributed by atoms with Crippen LogP contribution in [-0.2, 0) is 9.84 Å². The molecule has 0 unspecified atom stereocenters. The molecule has 0 saturated carbocycles. The predicted octanol–water partition coefficient (Wildman–Crippen LogP) is 4.99. The van der Waals surface area contributed by atoms with Crippen LogP contribution in [-0.4, -0.2) is 25.6 Å². The molecule has 6 nitrogen and oxygen atoms in total. The molecule has 2 N–H and O–H groups in total. The number of halogens is 2. The minimum absolute atomic E-state index is 0.0655. The summed E-state index contributed by atoms with van der Waals surface area (Å²) in [6, 6.07) is 15.1. The van der Waals surface area contributed by atoms with Crippen LogP contribution in [0.3, 0.4) is 0 Å². The van der Waals surface area contributed by atoms with Crippen LogP contribution < -0.4 is 10.5 Å². The second-order valence-electron chi connectivity index (χ2n) is 7.04. The molecular weight excluding hydrogens is 455 g/mol. The molecule has 0 aliphatic rings. The molecule has 0 atom stereocenters. The van der Waals surface area contributed by atoms with Gasteiger partial charge in [0.1, 0.15) is 22.8 Å².